The maximum Gasteiger partial charge on any atom is 0.220 e. The maximum absolute atomic E-state index is 11.5. The van der Waals surface area contributed by atoms with Crippen LogP contribution in [0.3, 0.4) is 0 Å². The number of nitrogens with one attached hydrogen (secondary N) is 1. The number of imidazole rings is 1. The second-order valence-electron chi connectivity index (χ2n) is 7.52. The summed E-state index contributed by atoms with van der Waals surface area (Å²) in [5.74, 6) is 0.861. The van der Waals surface area contributed by atoms with Crippen LogP contribution in [0.15, 0.2) is 30.5 Å². The fraction of sp³-hybridized carbons (Fsp3) is 0.333. The van der Waals surface area contributed by atoms with Gasteiger partial charge in [0, 0.05) is 36.2 Å². The first-order valence-corrected chi connectivity index (χ1v) is 10.2. The molecule has 4 rings (SSSR count). The summed E-state index contributed by atoms with van der Waals surface area (Å²) in [4.78, 5) is 19.9. The van der Waals surface area contributed by atoms with Gasteiger partial charge in [-0.15, -0.1) is 0 Å². The topological polar surface area (TPSA) is 129 Å². The second-order valence-corrected chi connectivity index (χ2v) is 7.93. The quantitative estimate of drug-likeness (QED) is 0.512. The summed E-state index contributed by atoms with van der Waals surface area (Å²) >= 11 is 6.33. The number of fused-ring (bicyclic) bond motifs is 1. The van der Waals surface area contributed by atoms with Crippen LogP contribution in [-0.4, -0.2) is 20.4 Å². The molecule has 1 amide bonds. The number of carbonyl (C=O) groups excluding carboxylic acids is 1. The van der Waals surface area contributed by atoms with Crippen LogP contribution in [0.4, 0.5) is 0 Å². The molecule has 1 aliphatic rings. The van der Waals surface area contributed by atoms with Crippen LogP contribution in [0.1, 0.15) is 43.1 Å². The average molecular weight is 413 g/mol. The summed E-state index contributed by atoms with van der Waals surface area (Å²) in [6, 6.07) is 7.82. The Morgan fingerprint density at radius 1 is 1.31 bits per heavy atom. The number of rotatable bonds is 5. The number of halogens is 1. The zero-order chi connectivity index (χ0) is 20.5. The first-order valence-electron chi connectivity index (χ1n) is 9.79. The van der Waals surface area contributed by atoms with E-state index in [2.05, 4.69) is 4.98 Å². The molecule has 1 aromatic carbocycles. The van der Waals surface area contributed by atoms with Crippen LogP contribution >= 0.6 is 11.6 Å². The Kier molecular flexibility index (Phi) is 5.34. The number of H-pyrrole nitrogens is 1. The van der Waals surface area contributed by atoms with Gasteiger partial charge in [0.25, 0.3) is 0 Å². The molecule has 1 aliphatic carbocycles. The highest BCUT2D eigenvalue weighted by Crippen LogP contribution is 2.38. The molecule has 0 bridgehead atoms. The third kappa shape index (κ3) is 3.52. The molecule has 2 aromatic heterocycles. The summed E-state index contributed by atoms with van der Waals surface area (Å²) in [6.45, 7) is 0.312. The first-order chi connectivity index (χ1) is 14.0. The fourth-order valence-electron chi connectivity index (χ4n) is 4.32. The third-order valence-corrected chi connectivity index (χ3v) is 6.14. The number of hydrogen-bond acceptors (Lipinski definition) is 4. The van der Waals surface area contributed by atoms with E-state index in [1.165, 1.54) is 6.20 Å². The van der Waals surface area contributed by atoms with Gasteiger partial charge in [-0.1, -0.05) is 23.7 Å². The molecule has 7 nitrogen and oxygen atoms in total. The molecule has 0 aliphatic heterocycles. The Labute approximate surface area is 173 Å². The zero-order valence-corrected chi connectivity index (χ0v) is 16.8. The fourth-order valence-corrected chi connectivity index (χ4v) is 4.55. The summed E-state index contributed by atoms with van der Waals surface area (Å²) in [6.07, 6.45) is 6.54. The van der Waals surface area contributed by atoms with Crippen molar-refractivity contribution in [1.82, 2.24) is 14.5 Å². The van der Waals surface area contributed by atoms with Crippen molar-refractivity contribution in [3.63, 3.8) is 0 Å². The van der Waals surface area contributed by atoms with Crippen molar-refractivity contribution in [2.24, 2.45) is 23.1 Å². The summed E-state index contributed by atoms with van der Waals surface area (Å²) in [5.41, 5.74) is 20.7. The molecule has 3 aromatic rings. The van der Waals surface area contributed by atoms with E-state index in [0.29, 0.717) is 11.6 Å². The number of nitrogens with two attached hydrogens (primary N) is 3. The molecule has 0 atom stereocenters. The molecular weight excluding hydrogens is 388 g/mol. The van der Waals surface area contributed by atoms with E-state index in [1.807, 2.05) is 28.8 Å². The van der Waals surface area contributed by atoms with Crippen molar-refractivity contribution in [2.75, 3.05) is 0 Å². The van der Waals surface area contributed by atoms with Crippen molar-refractivity contribution < 1.29 is 4.79 Å². The van der Waals surface area contributed by atoms with Gasteiger partial charge in [-0.2, -0.15) is 0 Å². The molecule has 0 saturated heterocycles. The van der Waals surface area contributed by atoms with E-state index in [1.54, 1.807) is 6.20 Å². The number of hydrogen-bond donors (Lipinski definition) is 4. The van der Waals surface area contributed by atoms with Crippen LogP contribution < -0.4 is 17.2 Å². The lowest BCUT2D eigenvalue weighted by molar-refractivity contribution is -0.122. The van der Waals surface area contributed by atoms with Gasteiger partial charge >= 0.3 is 0 Å². The number of aromatic amines is 1. The maximum atomic E-state index is 11.5. The SMILES string of the molecule is N/C=C\n1c(C2CCC(C(N)=O)CC2)nc(-c2cc3cccc(Cl)c3[nH]2)c1CN. The first kappa shape index (κ1) is 19.5. The molecule has 152 valence electrons. The van der Waals surface area contributed by atoms with E-state index in [4.69, 9.17) is 33.8 Å². The summed E-state index contributed by atoms with van der Waals surface area (Å²) in [7, 11) is 0. The predicted octanol–water partition coefficient (Wildman–Crippen LogP) is 3.29. The number of nitrogens with zero attached hydrogens (tertiary/aromatic N) is 2. The lowest BCUT2D eigenvalue weighted by Crippen LogP contribution is -2.27. The Balaban J connectivity index is 1.78. The van der Waals surface area contributed by atoms with Crippen molar-refractivity contribution >= 4 is 34.6 Å². The lowest BCUT2D eigenvalue weighted by Gasteiger charge is -2.26. The Morgan fingerprint density at radius 2 is 2.07 bits per heavy atom. The van der Waals surface area contributed by atoms with Crippen molar-refractivity contribution in [3.05, 3.63) is 47.0 Å². The highest BCUT2D eigenvalue weighted by atomic mass is 35.5. The lowest BCUT2D eigenvalue weighted by atomic mass is 9.81. The number of amides is 1. The summed E-state index contributed by atoms with van der Waals surface area (Å²) in [5, 5.41) is 1.68. The van der Waals surface area contributed by atoms with Gasteiger partial charge in [-0.25, -0.2) is 4.98 Å². The normalized spacial score (nSPS) is 19.9. The molecule has 0 unspecified atom stereocenters. The second kappa shape index (κ2) is 7.93. The zero-order valence-electron chi connectivity index (χ0n) is 16.1. The predicted molar refractivity (Wildman–Crippen MR) is 116 cm³/mol. The highest BCUT2D eigenvalue weighted by molar-refractivity contribution is 6.35. The van der Waals surface area contributed by atoms with Crippen LogP contribution in [0, 0.1) is 5.92 Å². The Hall–Kier alpha value is -2.77. The van der Waals surface area contributed by atoms with Gasteiger partial charge in [-0.3, -0.25) is 4.79 Å². The van der Waals surface area contributed by atoms with Gasteiger partial charge in [0.15, 0.2) is 0 Å². The van der Waals surface area contributed by atoms with Gasteiger partial charge in [0.2, 0.25) is 5.91 Å². The molecule has 29 heavy (non-hydrogen) atoms. The number of carbonyl (C=O) groups is 1. The molecule has 1 fully saturated rings. The molecule has 7 N–H and O–H groups in total. The number of primary amides is 1. The van der Waals surface area contributed by atoms with E-state index in [0.717, 1.165) is 59.5 Å². The molecule has 1 saturated carbocycles. The van der Waals surface area contributed by atoms with Crippen LogP contribution in [0.5, 0.6) is 0 Å². The van der Waals surface area contributed by atoms with Crippen LogP contribution in [-0.2, 0) is 11.3 Å². The van der Waals surface area contributed by atoms with Crippen molar-refractivity contribution in [3.8, 4) is 11.4 Å². The third-order valence-electron chi connectivity index (χ3n) is 5.82. The standard InChI is InChI=1S/C21H25ClN6O/c22-15-3-1-2-14-10-16(26-18(14)15)19-17(11-24)28(9-8-23)21(27-19)13-6-4-12(5-7-13)20(25)29/h1-3,8-10,12-13,26H,4-7,11,23-24H2,(H2,25,29)/b9-8-. The monoisotopic (exact) mass is 412 g/mol. The average Bonchev–Trinajstić information content (AvgIpc) is 3.30. The minimum absolute atomic E-state index is 0.0518. The molecular formula is C21H25ClN6O. The van der Waals surface area contributed by atoms with Gasteiger partial charge in [0.1, 0.15) is 11.5 Å². The Bertz CT molecular complexity index is 1070. The number of aromatic nitrogens is 3. The van der Waals surface area contributed by atoms with Crippen LogP contribution in [0.2, 0.25) is 5.02 Å². The van der Waals surface area contributed by atoms with E-state index in [-0.39, 0.29) is 17.7 Å². The van der Waals surface area contributed by atoms with Crippen molar-refractivity contribution in [1.29, 1.82) is 0 Å². The largest absolute Gasteiger partial charge is 0.403 e. The molecule has 0 spiro atoms. The number of para-hydroxylation sites is 1. The molecule has 8 heteroatoms. The van der Waals surface area contributed by atoms with Crippen LogP contribution in [0.25, 0.3) is 28.5 Å². The highest BCUT2D eigenvalue weighted by Gasteiger charge is 2.30. The smallest absolute Gasteiger partial charge is 0.220 e. The molecule has 2 heterocycles. The van der Waals surface area contributed by atoms with Crippen molar-refractivity contribution in [2.45, 2.75) is 38.1 Å². The number of benzene rings is 1. The van der Waals surface area contributed by atoms with Gasteiger partial charge < -0.3 is 26.8 Å². The summed E-state index contributed by atoms with van der Waals surface area (Å²) < 4.78 is 1.98. The van der Waals surface area contributed by atoms with E-state index < -0.39 is 0 Å². The molecule has 0 radical (unpaired) electrons. The van der Waals surface area contributed by atoms with E-state index in [9.17, 15) is 4.79 Å². The minimum atomic E-state index is -0.216. The minimum Gasteiger partial charge on any atom is -0.403 e. The van der Waals surface area contributed by atoms with E-state index >= 15 is 0 Å². The van der Waals surface area contributed by atoms with Gasteiger partial charge in [0.05, 0.1) is 21.9 Å². The Morgan fingerprint density at radius 3 is 2.69 bits per heavy atom. The van der Waals surface area contributed by atoms with Gasteiger partial charge in [-0.05, 0) is 37.8 Å².